The van der Waals surface area contributed by atoms with Gasteiger partial charge in [-0.3, -0.25) is 14.7 Å². The summed E-state index contributed by atoms with van der Waals surface area (Å²) in [7, 11) is 0. The van der Waals surface area contributed by atoms with Gasteiger partial charge in [0.05, 0.1) is 6.20 Å². The number of aromatic nitrogens is 2. The van der Waals surface area contributed by atoms with Gasteiger partial charge in [-0.15, -0.1) is 0 Å². The van der Waals surface area contributed by atoms with Crippen molar-refractivity contribution in [1.29, 1.82) is 5.26 Å². The van der Waals surface area contributed by atoms with Gasteiger partial charge in [-0.1, -0.05) is 12.1 Å². The first-order valence-corrected chi connectivity index (χ1v) is 6.40. The fourth-order valence-corrected chi connectivity index (χ4v) is 1.70. The average molecular weight is 299 g/mol. The van der Waals surface area contributed by atoms with Crippen molar-refractivity contribution in [2.24, 2.45) is 0 Å². The van der Waals surface area contributed by atoms with Crippen LogP contribution in [0.2, 0.25) is 0 Å². The molecule has 0 fully saturated rings. The number of anilines is 1. The molecule has 0 saturated heterocycles. The molecule has 1 aromatic carbocycles. The quantitative estimate of drug-likeness (QED) is 0.602. The number of aromatic amines is 1. The summed E-state index contributed by atoms with van der Waals surface area (Å²) in [5.41, 5.74) is 1.06. The number of nitrogens with zero attached hydrogens (tertiary/aromatic N) is 2. The highest BCUT2D eigenvalue weighted by molar-refractivity contribution is 6.39. The maximum atomic E-state index is 11.7. The molecule has 2 aromatic rings. The van der Waals surface area contributed by atoms with E-state index in [1.807, 2.05) is 6.07 Å². The molecule has 2 rings (SSSR count). The van der Waals surface area contributed by atoms with Gasteiger partial charge in [-0.2, -0.15) is 10.4 Å². The van der Waals surface area contributed by atoms with E-state index in [2.05, 4.69) is 20.8 Å². The van der Waals surface area contributed by atoms with Crippen LogP contribution < -0.4 is 10.6 Å². The normalized spacial score (nSPS) is 9.77. The Morgan fingerprint density at radius 1 is 1.27 bits per heavy atom. The highest BCUT2D eigenvalue weighted by atomic mass is 16.3. The van der Waals surface area contributed by atoms with E-state index >= 15 is 0 Å². The van der Waals surface area contributed by atoms with Crippen LogP contribution in [0.4, 0.5) is 5.82 Å². The summed E-state index contributed by atoms with van der Waals surface area (Å²) in [4.78, 5) is 23.3. The van der Waals surface area contributed by atoms with Gasteiger partial charge in [0.15, 0.2) is 0 Å². The summed E-state index contributed by atoms with van der Waals surface area (Å²) in [6.07, 6.45) is 1.77. The number of amides is 2. The fraction of sp³-hybridized carbons (Fsp3) is 0.143. The number of hydrogen-bond donors (Lipinski definition) is 4. The van der Waals surface area contributed by atoms with E-state index in [0.29, 0.717) is 6.42 Å². The summed E-state index contributed by atoms with van der Waals surface area (Å²) in [6, 6.07) is 8.38. The Morgan fingerprint density at radius 3 is 2.68 bits per heavy atom. The minimum atomic E-state index is -0.883. The number of phenols is 1. The Kier molecular flexibility index (Phi) is 4.72. The molecule has 0 atom stereocenters. The smallest absolute Gasteiger partial charge is 0.314 e. The molecule has 0 saturated carbocycles. The van der Waals surface area contributed by atoms with E-state index in [4.69, 9.17) is 10.4 Å². The number of hydrogen-bond acceptors (Lipinski definition) is 5. The molecule has 1 heterocycles. The monoisotopic (exact) mass is 299 g/mol. The van der Waals surface area contributed by atoms with E-state index in [1.165, 1.54) is 6.20 Å². The lowest BCUT2D eigenvalue weighted by Gasteiger charge is -2.05. The number of rotatable bonds is 4. The number of benzene rings is 1. The summed E-state index contributed by atoms with van der Waals surface area (Å²) in [5, 5.41) is 28.7. The first kappa shape index (κ1) is 15.1. The molecule has 0 spiro atoms. The number of carbonyl (C=O) groups excluding carboxylic acids is 2. The molecule has 0 radical (unpaired) electrons. The number of carbonyl (C=O) groups is 2. The lowest BCUT2D eigenvalue weighted by atomic mass is 10.1. The van der Waals surface area contributed by atoms with Gasteiger partial charge < -0.3 is 15.7 Å². The van der Waals surface area contributed by atoms with E-state index in [-0.39, 0.29) is 23.7 Å². The van der Waals surface area contributed by atoms with Crippen LogP contribution in [-0.4, -0.2) is 33.7 Å². The molecule has 112 valence electrons. The molecule has 2 amide bonds. The third-order valence-corrected chi connectivity index (χ3v) is 2.84. The molecule has 0 bridgehead atoms. The van der Waals surface area contributed by atoms with Crippen LogP contribution in [0, 0.1) is 11.3 Å². The topological polar surface area (TPSA) is 131 Å². The van der Waals surface area contributed by atoms with Crippen LogP contribution in [0.3, 0.4) is 0 Å². The molecule has 0 aliphatic carbocycles. The number of H-pyrrole nitrogens is 1. The van der Waals surface area contributed by atoms with Gasteiger partial charge in [0.25, 0.3) is 0 Å². The Morgan fingerprint density at radius 2 is 2.00 bits per heavy atom. The van der Waals surface area contributed by atoms with E-state index in [9.17, 15) is 9.59 Å². The Balaban J connectivity index is 1.81. The van der Waals surface area contributed by atoms with Gasteiger partial charge in [-0.05, 0) is 24.1 Å². The fourth-order valence-electron chi connectivity index (χ4n) is 1.70. The van der Waals surface area contributed by atoms with E-state index in [1.54, 1.807) is 24.3 Å². The summed E-state index contributed by atoms with van der Waals surface area (Å²) in [5.74, 6) is -1.44. The number of phenolic OH excluding ortho intramolecular Hbond substituents is 1. The lowest BCUT2D eigenvalue weighted by molar-refractivity contribution is -0.136. The highest BCUT2D eigenvalue weighted by Gasteiger charge is 2.15. The molecule has 0 unspecified atom stereocenters. The van der Waals surface area contributed by atoms with Gasteiger partial charge in [0.1, 0.15) is 23.2 Å². The molecule has 4 N–H and O–H groups in total. The standard InChI is InChI=1S/C14H13N5O3/c15-7-10-8-17-19-12(10)18-14(22)13(21)16-6-5-9-1-3-11(20)4-2-9/h1-4,8,20H,5-6H2,(H,16,21)(H2,17,18,19,22). The van der Waals surface area contributed by atoms with Gasteiger partial charge in [0.2, 0.25) is 0 Å². The van der Waals surface area contributed by atoms with Crippen molar-refractivity contribution in [3.63, 3.8) is 0 Å². The Bertz CT molecular complexity index is 715. The predicted molar refractivity (Wildman–Crippen MR) is 76.8 cm³/mol. The third kappa shape index (κ3) is 3.83. The zero-order chi connectivity index (χ0) is 15.9. The van der Waals surface area contributed by atoms with Crippen molar-refractivity contribution < 1.29 is 14.7 Å². The van der Waals surface area contributed by atoms with Crippen LogP contribution in [-0.2, 0) is 16.0 Å². The number of aromatic hydroxyl groups is 1. The van der Waals surface area contributed by atoms with Gasteiger partial charge >= 0.3 is 11.8 Å². The van der Waals surface area contributed by atoms with Crippen LogP contribution in [0.25, 0.3) is 0 Å². The SMILES string of the molecule is N#Cc1cn[nH]c1NC(=O)C(=O)NCCc1ccc(O)cc1. The molecule has 0 aliphatic heterocycles. The van der Waals surface area contributed by atoms with Crippen molar-refractivity contribution in [2.45, 2.75) is 6.42 Å². The minimum absolute atomic E-state index is 0.0844. The molecule has 22 heavy (non-hydrogen) atoms. The van der Waals surface area contributed by atoms with Crippen LogP contribution in [0.5, 0.6) is 5.75 Å². The summed E-state index contributed by atoms with van der Waals surface area (Å²) >= 11 is 0. The molecule has 0 aliphatic rings. The average Bonchev–Trinajstić information content (AvgIpc) is 2.96. The lowest BCUT2D eigenvalue weighted by Crippen LogP contribution is -2.36. The largest absolute Gasteiger partial charge is 0.508 e. The third-order valence-electron chi connectivity index (χ3n) is 2.84. The van der Waals surface area contributed by atoms with Crippen molar-refractivity contribution in [2.75, 3.05) is 11.9 Å². The van der Waals surface area contributed by atoms with Crippen molar-refractivity contribution in [1.82, 2.24) is 15.5 Å². The van der Waals surface area contributed by atoms with Crippen molar-refractivity contribution >= 4 is 17.6 Å². The second-order valence-electron chi connectivity index (χ2n) is 4.40. The van der Waals surface area contributed by atoms with Crippen LogP contribution in [0.15, 0.2) is 30.5 Å². The first-order valence-electron chi connectivity index (χ1n) is 6.40. The number of nitrogens with one attached hydrogen (secondary N) is 3. The van der Waals surface area contributed by atoms with Crippen LogP contribution >= 0.6 is 0 Å². The molecule has 1 aromatic heterocycles. The van der Waals surface area contributed by atoms with Crippen LogP contribution in [0.1, 0.15) is 11.1 Å². The maximum absolute atomic E-state index is 11.7. The van der Waals surface area contributed by atoms with Crippen molar-refractivity contribution in [3.05, 3.63) is 41.6 Å². The van der Waals surface area contributed by atoms with Crippen molar-refractivity contribution in [3.8, 4) is 11.8 Å². The first-order chi connectivity index (χ1) is 10.6. The summed E-state index contributed by atoms with van der Waals surface area (Å²) < 4.78 is 0. The molecule has 8 heteroatoms. The van der Waals surface area contributed by atoms with E-state index in [0.717, 1.165) is 5.56 Å². The zero-order valence-corrected chi connectivity index (χ0v) is 11.5. The van der Waals surface area contributed by atoms with Gasteiger partial charge in [-0.25, -0.2) is 0 Å². The molecular weight excluding hydrogens is 286 g/mol. The minimum Gasteiger partial charge on any atom is -0.508 e. The van der Waals surface area contributed by atoms with Gasteiger partial charge in [0, 0.05) is 6.54 Å². The number of nitriles is 1. The Hall–Kier alpha value is -3.34. The molecule has 8 nitrogen and oxygen atoms in total. The Labute approximate surface area is 125 Å². The second-order valence-corrected chi connectivity index (χ2v) is 4.40. The maximum Gasteiger partial charge on any atom is 0.314 e. The van der Waals surface area contributed by atoms with E-state index < -0.39 is 11.8 Å². The predicted octanol–water partition coefficient (Wildman–Crippen LogP) is 0.284. The molecular formula is C14H13N5O3. The zero-order valence-electron chi connectivity index (χ0n) is 11.5. The highest BCUT2D eigenvalue weighted by Crippen LogP contribution is 2.10. The summed E-state index contributed by atoms with van der Waals surface area (Å²) in [6.45, 7) is 0.269. The second kappa shape index (κ2) is 6.90.